The van der Waals surface area contributed by atoms with Crippen LogP contribution in [0.1, 0.15) is 10.4 Å². The molecule has 0 bridgehead atoms. The van der Waals surface area contributed by atoms with Crippen LogP contribution in [0.4, 0.5) is 5.82 Å². The summed E-state index contributed by atoms with van der Waals surface area (Å²) in [6.07, 6.45) is 0. The Hall–Kier alpha value is -2.20. The fourth-order valence-corrected chi connectivity index (χ4v) is 2.48. The minimum Gasteiger partial charge on any atom is -0.305 e. The predicted octanol–water partition coefficient (Wildman–Crippen LogP) is 3.55. The van der Waals surface area contributed by atoms with Gasteiger partial charge in [0, 0.05) is 10.9 Å². The molecule has 2 aromatic carbocycles. The Balaban J connectivity index is 1.91. The molecule has 0 aliphatic carbocycles. The normalized spacial score (nSPS) is 10.4. The van der Waals surface area contributed by atoms with E-state index in [1.54, 1.807) is 12.1 Å². The average molecular weight is 254 g/mol. The first-order chi connectivity index (χ1) is 8.84. The fourth-order valence-electron chi connectivity index (χ4n) is 1.75. The van der Waals surface area contributed by atoms with Gasteiger partial charge in [0.2, 0.25) is 0 Å². The van der Waals surface area contributed by atoms with Crippen LogP contribution in [0.25, 0.3) is 10.1 Å². The molecule has 1 heterocycles. The number of nitrogens with one attached hydrogen (secondary N) is 1. The Morgan fingerprint density at radius 3 is 2.56 bits per heavy atom. The first-order valence-electron chi connectivity index (χ1n) is 5.55. The molecular weight excluding hydrogens is 244 g/mol. The topological polar surface area (TPSA) is 42.0 Å². The quantitative estimate of drug-likeness (QED) is 0.760. The monoisotopic (exact) mass is 254 g/mol. The number of fused-ring (bicyclic) bond motifs is 1. The van der Waals surface area contributed by atoms with Gasteiger partial charge in [0.25, 0.3) is 5.91 Å². The molecule has 18 heavy (non-hydrogen) atoms. The molecule has 88 valence electrons. The molecule has 4 heteroatoms. The Kier molecular flexibility index (Phi) is 2.78. The van der Waals surface area contributed by atoms with Crippen molar-refractivity contribution in [3.05, 3.63) is 60.2 Å². The molecule has 0 atom stereocenters. The lowest BCUT2D eigenvalue weighted by Crippen LogP contribution is -2.11. The van der Waals surface area contributed by atoms with E-state index in [2.05, 4.69) is 9.69 Å². The van der Waals surface area contributed by atoms with Crippen LogP contribution < -0.4 is 5.32 Å². The maximum atomic E-state index is 12.0. The SMILES string of the molecule is O=C(Nc1nsc2ccccc12)c1ccccc1. The summed E-state index contributed by atoms with van der Waals surface area (Å²) in [7, 11) is 0. The van der Waals surface area contributed by atoms with E-state index in [0.717, 1.165) is 10.1 Å². The van der Waals surface area contributed by atoms with Gasteiger partial charge in [0.05, 0.1) is 4.70 Å². The number of carbonyl (C=O) groups excluding carboxylic acids is 1. The number of aromatic nitrogens is 1. The van der Waals surface area contributed by atoms with E-state index in [4.69, 9.17) is 0 Å². The molecule has 3 rings (SSSR count). The summed E-state index contributed by atoms with van der Waals surface area (Å²) in [5.74, 6) is 0.496. The van der Waals surface area contributed by atoms with E-state index in [1.807, 2.05) is 42.5 Å². The van der Waals surface area contributed by atoms with Crippen molar-refractivity contribution >= 4 is 33.3 Å². The third-order valence-corrected chi connectivity index (χ3v) is 3.47. The third kappa shape index (κ3) is 1.98. The second-order valence-corrected chi connectivity index (χ2v) is 4.65. The molecule has 0 saturated heterocycles. The molecule has 0 unspecified atom stereocenters. The van der Waals surface area contributed by atoms with Gasteiger partial charge < -0.3 is 5.32 Å². The lowest BCUT2D eigenvalue weighted by molar-refractivity contribution is 0.102. The second kappa shape index (κ2) is 4.58. The van der Waals surface area contributed by atoms with Crippen LogP contribution in [-0.2, 0) is 0 Å². The van der Waals surface area contributed by atoms with Gasteiger partial charge in [-0.1, -0.05) is 30.3 Å². The van der Waals surface area contributed by atoms with Crippen LogP contribution in [0.15, 0.2) is 54.6 Å². The number of hydrogen-bond donors (Lipinski definition) is 1. The Labute approximate surface area is 108 Å². The molecule has 0 spiro atoms. The highest BCUT2D eigenvalue weighted by atomic mass is 32.1. The minimum atomic E-state index is -0.133. The zero-order valence-electron chi connectivity index (χ0n) is 9.46. The third-order valence-electron chi connectivity index (χ3n) is 2.65. The summed E-state index contributed by atoms with van der Waals surface area (Å²) >= 11 is 1.39. The molecule has 0 radical (unpaired) electrons. The summed E-state index contributed by atoms with van der Waals surface area (Å²) in [4.78, 5) is 12.0. The van der Waals surface area contributed by atoms with Crippen molar-refractivity contribution in [1.29, 1.82) is 0 Å². The molecule has 3 nitrogen and oxygen atoms in total. The predicted molar refractivity (Wildman–Crippen MR) is 74.0 cm³/mol. The fraction of sp³-hybridized carbons (Fsp3) is 0. The maximum Gasteiger partial charge on any atom is 0.256 e. The second-order valence-electron chi connectivity index (χ2n) is 3.85. The molecule has 3 aromatic rings. The van der Waals surface area contributed by atoms with Crippen molar-refractivity contribution in [3.63, 3.8) is 0 Å². The first kappa shape index (κ1) is 10.9. The van der Waals surface area contributed by atoms with Gasteiger partial charge >= 0.3 is 0 Å². The molecule has 1 N–H and O–H groups in total. The van der Waals surface area contributed by atoms with E-state index < -0.39 is 0 Å². The van der Waals surface area contributed by atoms with Crippen molar-refractivity contribution in [2.45, 2.75) is 0 Å². The van der Waals surface area contributed by atoms with Crippen molar-refractivity contribution in [1.82, 2.24) is 4.37 Å². The zero-order valence-corrected chi connectivity index (χ0v) is 10.3. The standard InChI is InChI=1S/C14H10N2OS/c17-14(10-6-2-1-3-7-10)15-13-11-8-4-5-9-12(11)18-16-13/h1-9H,(H,15,16,17). The lowest BCUT2D eigenvalue weighted by atomic mass is 10.2. The average Bonchev–Trinajstić information content (AvgIpc) is 2.83. The summed E-state index contributed by atoms with van der Waals surface area (Å²) in [6.45, 7) is 0. The van der Waals surface area contributed by atoms with E-state index in [-0.39, 0.29) is 5.91 Å². The summed E-state index contributed by atoms with van der Waals surface area (Å²) in [5.41, 5.74) is 0.634. The van der Waals surface area contributed by atoms with Gasteiger partial charge in [-0.2, -0.15) is 4.37 Å². The Morgan fingerprint density at radius 1 is 1.00 bits per heavy atom. The molecule has 1 aromatic heterocycles. The van der Waals surface area contributed by atoms with Crippen LogP contribution in [-0.4, -0.2) is 10.3 Å². The van der Waals surface area contributed by atoms with Gasteiger partial charge in [-0.05, 0) is 35.8 Å². The van der Waals surface area contributed by atoms with E-state index >= 15 is 0 Å². The highest BCUT2D eigenvalue weighted by molar-refractivity contribution is 7.13. The molecule has 0 saturated carbocycles. The number of nitrogens with zero attached hydrogens (tertiary/aromatic N) is 1. The maximum absolute atomic E-state index is 12.0. The lowest BCUT2D eigenvalue weighted by Gasteiger charge is -2.02. The number of anilines is 1. The van der Waals surface area contributed by atoms with Gasteiger partial charge in [-0.25, -0.2) is 0 Å². The van der Waals surface area contributed by atoms with Crippen LogP contribution in [0.5, 0.6) is 0 Å². The number of hydrogen-bond acceptors (Lipinski definition) is 3. The van der Waals surface area contributed by atoms with Crippen LogP contribution >= 0.6 is 11.5 Å². The van der Waals surface area contributed by atoms with Crippen molar-refractivity contribution in [2.75, 3.05) is 5.32 Å². The summed E-state index contributed by atoms with van der Waals surface area (Å²) in [5, 5.41) is 3.82. The summed E-state index contributed by atoms with van der Waals surface area (Å²) < 4.78 is 5.34. The van der Waals surface area contributed by atoms with Crippen molar-refractivity contribution < 1.29 is 4.79 Å². The Morgan fingerprint density at radius 2 is 1.72 bits per heavy atom. The van der Waals surface area contributed by atoms with Crippen molar-refractivity contribution in [2.24, 2.45) is 0 Å². The number of benzene rings is 2. The molecule has 0 fully saturated rings. The van der Waals surface area contributed by atoms with Gasteiger partial charge in [-0.15, -0.1) is 0 Å². The number of carbonyl (C=O) groups is 1. The van der Waals surface area contributed by atoms with E-state index in [1.165, 1.54) is 11.5 Å². The van der Waals surface area contributed by atoms with E-state index in [9.17, 15) is 4.79 Å². The highest BCUT2D eigenvalue weighted by Gasteiger charge is 2.10. The Bertz CT molecular complexity index is 691. The highest BCUT2D eigenvalue weighted by Crippen LogP contribution is 2.26. The smallest absolute Gasteiger partial charge is 0.256 e. The molecular formula is C14H10N2OS. The van der Waals surface area contributed by atoms with Crippen LogP contribution in [0.3, 0.4) is 0 Å². The van der Waals surface area contributed by atoms with Gasteiger partial charge in [0.15, 0.2) is 5.82 Å². The minimum absolute atomic E-state index is 0.133. The summed E-state index contributed by atoms with van der Waals surface area (Å²) in [6, 6.07) is 17.0. The van der Waals surface area contributed by atoms with Crippen LogP contribution in [0.2, 0.25) is 0 Å². The van der Waals surface area contributed by atoms with Crippen LogP contribution in [0, 0.1) is 0 Å². The molecule has 0 aliphatic heterocycles. The molecule has 0 aliphatic rings. The van der Waals surface area contributed by atoms with Gasteiger partial charge in [-0.3, -0.25) is 4.79 Å². The van der Waals surface area contributed by atoms with E-state index in [0.29, 0.717) is 11.4 Å². The van der Waals surface area contributed by atoms with Crippen molar-refractivity contribution in [3.8, 4) is 0 Å². The molecule has 1 amide bonds. The number of rotatable bonds is 2. The first-order valence-corrected chi connectivity index (χ1v) is 6.33. The number of amides is 1. The van der Waals surface area contributed by atoms with Gasteiger partial charge in [0.1, 0.15) is 0 Å². The largest absolute Gasteiger partial charge is 0.305 e. The zero-order chi connectivity index (χ0) is 12.4.